The molecule has 0 atom stereocenters. The number of nitrogens with two attached hydrogens (primary N) is 1. The number of nitrogens with one attached hydrogen (secondary N) is 2. The van der Waals surface area contributed by atoms with Gasteiger partial charge in [-0.3, -0.25) is 0 Å². The van der Waals surface area contributed by atoms with E-state index in [0.717, 1.165) is 41.9 Å². The molecule has 0 spiro atoms. The summed E-state index contributed by atoms with van der Waals surface area (Å²) in [4.78, 5) is 0. The smallest absolute Gasteiger partial charge is 0.0530 e. The van der Waals surface area contributed by atoms with Gasteiger partial charge in [0.25, 0.3) is 0 Å². The van der Waals surface area contributed by atoms with Crippen molar-refractivity contribution in [1.29, 1.82) is 0 Å². The van der Waals surface area contributed by atoms with Crippen LogP contribution < -0.4 is 16.4 Å². The normalized spacial score (nSPS) is 10.5. The summed E-state index contributed by atoms with van der Waals surface area (Å²) in [6.07, 6.45) is 0. The van der Waals surface area contributed by atoms with E-state index in [9.17, 15) is 0 Å². The van der Waals surface area contributed by atoms with E-state index in [2.05, 4.69) is 58.4 Å². The lowest BCUT2D eigenvalue weighted by Crippen LogP contribution is -1.95. The summed E-state index contributed by atoms with van der Waals surface area (Å²) < 4.78 is 2.93. The Balaban J connectivity index is 1.79. The third-order valence-corrected chi connectivity index (χ3v) is 5.15. The first kappa shape index (κ1) is 17.3. The van der Waals surface area contributed by atoms with Crippen LogP contribution in [-0.2, 0) is 0 Å². The van der Waals surface area contributed by atoms with Gasteiger partial charge < -0.3 is 16.4 Å². The Hall–Kier alpha value is -1.50. The zero-order chi connectivity index (χ0) is 17.1. The summed E-state index contributed by atoms with van der Waals surface area (Å²) >= 11 is 10.6. The van der Waals surface area contributed by atoms with Gasteiger partial charge in [0.15, 0.2) is 0 Å². The highest BCUT2D eigenvalue weighted by atomic mass is 79.9. The van der Waals surface area contributed by atoms with Gasteiger partial charge in [0.1, 0.15) is 0 Å². The van der Waals surface area contributed by atoms with E-state index in [1.54, 1.807) is 0 Å². The van der Waals surface area contributed by atoms with Crippen molar-refractivity contribution >= 4 is 76.2 Å². The van der Waals surface area contributed by atoms with Crippen molar-refractivity contribution < 1.29 is 0 Å². The summed E-state index contributed by atoms with van der Waals surface area (Å²) in [5.41, 5.74) is 10.5. The fourth-order valence-electron chi connectivity index (χ4n) is 2.20. The van der Waals surface area contributed by atoms with Crippen LogP contribution in [0, 0.1) is 0 Å². The van der Waals surface area contributed by atoms with Gasteiger partial charge in [0.05, 0.1) is 11.4 Å². The predicted molar refractivity (Wildman–Crippen MR) is 113 cm³/mol. The van der Waals surface area contributed by atoms with Crippen LogP contribution in [0.3, 0.4) is 0 Å². The maximum Gasteiger partial charge on any atom is 0.0530 e. The number of hydrogen-bond acceptors (Lipinski definition) is 3. The monoisotopic (exact) mass is 509 g/mol. The molecule has 0 aliphatic carbocycles. The van der Waals surface area contributed by atoms with E-state index < -0.39 is 0 Å². The van der Waals surface area contributed by atoms with Crippen LogP contribution in [0.5, 0.6) is 0 Å². The summed E-state index contributed by atoms with van der Waals surface area (Å²) in [6, 6.07) is 19.8. The van der Waals surface area contributed by atoms with Crippen LogP contribution in [0.25, 0.3) is 0 Å². The van der Waals surface area contributed by atoms with Crippen molar-refractivity contribution in [1.82, 2.24) is 0 Å². The molecular formula is C18H14Br3N3. The molecule has 24 heavy (non-hydrogen) atoms. The minimum absolute atomic E-state index is 0.724. The molecule has 0 heterocycles. The second-order valence-electron chi connectivity index (χ2n) is 5.19. The molecule has 0 radical (unpaired) electrons. The Bertz CT molecular complexity index is 881. The van der Waals surface area contributed by atoms with E-state index in [4.69, 9.17) is 5.73 Å². The standard InChI is InChI=1S/C18H14Br3N3/c19-11-2-1-3-13(8-11)23-18-7-5-14(10-16(18)21)24-17-6-4-12(22)9-15(17)20/h1-10,23-24H,22H2. The zero-order valence-electron chi connectivity index (χ0n) is 12.5. The maximum absolute atomic E-state index is 5.77. The zero-order valence-corrected chi connectivity index (χ0v) is 17.2. The fourth-order valence-corrected chi connectivity index (χ4v) is 3.58. The summed E-state index contributed by atoms with van der Waals surface area (Å²) in [7, 11) is 0. The van der Waals surface area contributed by atoms with Crippen LogP contribution in [0.2, 0.25) is 0 Å². The van der Waals surface area contributed by atoms with Gasteiger partial charge in [0, 0.05) is 30.5 Å². The molecular weight excluding hydrogens is 498 g/mol. The van der Waals surface area contributed by atoms with E-state index in [0.29, 0.717) is 0 Å². The van der Waals surface area contributed by atoms with Crippen molar-refractivity contribution in [2.45, 2.75) is 0 Å². The molecule has 0 saturated carbocycles. The highest BCUT2D eigenvalue weighted by Gasteiger charge is 2.05. The number of benzene rings is 3. The van der Waals surface area contributed by atoms with Crippen LogP contribution in [0.15, 0.2) is 74.1 Å². The number of hydrogen-bond donors (Lipinski definition) is 3. The largest absolute Gasteiger partial charge is 0.399 e. The molecule has 0 saturated heterocycles. The molecule has 0 aromatic heterocycles. The first-order valence-electron chi connectivity index (χ1n) is 7.15. The lowest BCUT2D eigenvalue weighted by molar-refractivity contribution is 1.48. The van der Waals surface area contributed by atoms with Crippen LogP contribution in [0.4, 0.5) is 28.4 Å². The molecule has 4 N–H and O–H groups in total. The van der Waals surface area contributed by atoms with Crippen molar-refractivity contribution in [3.63, 3.8) is 0 Å². The molecule has 3 aromatic carbocycles. The average Bonchev–Trinajstić information content (AvgIpc) is 2.53. The fraction of sp³-hybridized carbons (Fsp3) is 0. The molecule has 3 rings (SSSR count). The molecule has 0 amide bonds. The van der Waals surface area contributed by atoms with Crippen LogP contribution in [0.1, 0.15) is 0 Å². The van der Waals surface area contributed by atoms with Gasteiger partial charge in [-0.1, -0.05) is 22.0 Å². The van der Waals surface area contributed by atoms with E-state index >= 15 is 0 Å². The topological polar surface area (TPSA) is 50.1 Å². The maximum atomic E-state index is 5.77. The SMILES string of the molecule is Nc1ccc(Nc2ccc(Nc3cccc(Br)c3)c(Br)c2)c(Br)c1. The number of nitrogen functional groups attached to an aromatic ring is 1. The van der Waals surface area contributed by atoms with Crippen molar-refractivity contribution in [3.05, 3.63) is 74.1 Å². The molecule has 122 valence electrons. The Morgan fingerprint density at radius 1 is 0.667 bits per heavy atom. The minimum Gasteiger partial charge on any atom is -0.399 e. The minimum atomic E-state index is 0.724. The van der Waals surface area contributed by atoms with Gasteiger partial charge in [0.2, 0.25) is 0 Å². The third kappa shape index (κ3) is 4.32. The van der Waals surface area contributed by atoms with Gasteiger partial charge in [-0.25, -0.2) is 0 Å². The van der Waals surface area contributed by atoms with E-state index in [1.165, 1.54) is 0 Å². The summed E-state index contributed by atoms with van der Waals surface area (Å²) in [6.45, 7) is 0. The lowest BCUT2D eigenvalue weighted by Gasteiger charge is -2.13. The van der Waals surface area contributed by atoms with Gasteiger partial charge in [-0.15, -0.1) is 0 Å². The Labute approximate surface area is 166 Å². The average molecular weight is 512 g/mol. The molecule has 0 bridgehead atoms. The Kier molecular flexibility index (Phi) is 5.48. The quantitative estimate of drug-likeness (QED) is 0.329. The summed E-state index contributed by atoms with van der Waals surface area (Å²) in [5.74, 6) is 0. The third-order valence-electron chi connectivity index (χ3n) is 3.34. The second-order valence-corrected chi connectivity index (χ2v) is 7.82. The predicted octanol–water partition coefficient (Wildman–Crippen LogP) is 7.04. The van der Waals surface area contributed by atoms with Crippen molar-refractivity contribution in [2.75, 3.05) is 16.4 Å². The van der Waals surface area contributed by atoms with Crippen LogP contribution in [-0.4, -0.2) is 0 Å². The molecule has 0 fully saturated rings. The highest BCUT2D eigenvalue weighted by molar-refractivity contribution is 9.11. The molecule has 0 aliphatic rings. The number of halogens is 3. The van der Waals surface area contributed by atoms with Crippen LogP contribution >= 0.6 is 47.8 Å². The van der Waals surface area contributed by atoms with E-state index in [1.807, 2.05) is 60.7 Å². The Morgan fingerprint density at radius 2 is 1.29 bits per heavy atom. The molecule has 3 nitrogen and oxygen atoms in total. The first-order valence-corrected chi connectivity index (χ1v) is 9.53. The van der Waals surface area contributed by atoms with Crippen molar-refractivity contribution in [2.24, 2.45) is 0 Å². The molecule has 3 aromatic rings. The van der Waals surface area contributed by atoms with Gasteiger partial charge >= 0.3 is 0 Å². The van der Waals surface area contributed by atoms with Gasteiger partial charge in [-0.05, 0) is 86.5 Å². The summed E-state index contributed by atoms with van der Waals surface area (Å²) in [5, 5.41) is 6.77. The first-order chi connectivity index (χ1) is 11.5. The second kappa shape index (κ2) is 7.59. The number of anilines is 5. The molecule has 6 heteroatoms. The number of rotatable bonds is 4. The van der Waals surface area contributed by atoms with E-state index in [-0.39, 0.29) is 0 Å². The molecule has 0 aliphatic heterocycles. The lowest BCUT2D eigenvalue weighted by atomic mass is 10.2. The van der Waals surface area contributed by atoms with Gasteiger partial charge in [-0.2, -0.15) is 0 Å². The molecule has 0 unspecified atom stereocenters. The Morgan fingerprint density at radius 3 is 1.92 bits per heavy atom. The highest BCUT2D eigenvalue weighted by Crippen LogP contribution is 2.33. The van der Waals surface area contributed by atoms with Crippen molar-refractivity contribution in [3.8, 4) is 0 Å².